The van der Waals surface area contributed by atoms with Crippen molar-refractivity contribution in [1.29, 1.82) is 0 Å². The molecule has 6 nitrogen and oxygen atoms in total. The zero-order valence-electron chi connectivity index (χ0n) is 14.7. The van der Waals surface area contributed by atoms with Crippen LogP contribution in [0.2, 0.25) is 0 Å². The topological polar surface area (TPSA) is 72.7 Å². The van der Waals surface area contributed by atoms with Gasteiger partial charge in [-0.1, -0.05) is 26.0 Å². The van der Waals surface area contributed by atoms with E-state index in [0.717, 1.165) is 5.56 Å². The van der Waals surface area contributed by atoms with Crippen molar-refractivity contribution < 1.29 is 9.53 Å². The SMILES string of the molecule is CCn1cccc(C(=O)N/N=C\c2ccccc2OCC(C)C)c1=O. The first-order valence-electron chi connectivity index (χ1n) is 8.27. The molecule has 0 saturated carbocycles. The van der Waals surface area contributed by atoms with Gasteiger partial charge < -0.3 is 9.30 Å². The number of hydrazone groups is 1. The summed E-state index contributed by atoms with van der Waals surface area (Å²) in [6.45, 7) is 7.08. The molecule has 0 aliphatic heterocycles. The number of pyridine rings is 1. The number of carbonyl (C=O) groups is 1. The minimum atomic E-state index is -0.537. The van der Waals surface area contributed by atoms with E-state index < -0.39 is 5.91 Å². The monoisotopic (exact) mass is 341 g/mol. The lowest BCUT2D eigenvalue weighted by Gasteiger charge is -2.10. The number of hydrogen-bond donors (Lipinski definition) is 1. The van der Waals surface area contributed by atoms with E-state index in [1.807, 2.05) is 31.2 Å². The standard InChI is InChI=1S/C19H23N3O3/c1-4-22-11-7-9-16(19(22)24)18(23)21-20-12-15-8-5-6-10-17(15)25-13-14(2)3/h5-12,14H,4,13H2,1-3H3,(H,21,23)/b20-12-. The molecule has 2 rings (SSSR count). The number of aromatic nitrogens is 1. The molecule has 0 fully saturated rings. The number of carbonyl (C=O) groups excluding carboxylic acids is 1. The molecule has 1 heterocycles. The lowest BCUT2D eigenvalue weighted by Crippen LogP contribution is -2.30. The van der Waals surface area contributed by atoms with Gasteiger partial charge in [0.05, 0.1) is 12.8 Å². The van der Waals surface area contributed by atoms with Gasteiger partial charge in [0.1, 0.15) is 11.3 Å². The number of hydrogen-bond acceptors (Lipinski definition) is 4. The summed E-state index contributed by atoms with van der Waals surface area (Å²) in [4.78, 5) is 24.3. The van der Waals surface area contributed by atoms with Crippen LogP contribution in [-0.2, 0) is 6.54 Å². The zero-order valence-corrected chi connectivity index (χ0v) is 14.7. The van der Waals surface area contributed by atoms with E-state index in [1.54, 1.807) is 12.3 Å². The van der Waals surface area contributed by atoms with Crippen molar-refractivity contribution in [2.24, 2.45) is 11.0 Å². The normalized spacial score (nSPS) is 11.0. The Labute approximate surface area is 147 Å². The molecule has 1 aromatic carbocycles. The maximum Gasteiger partial charge on any atom is 0.276 e. The lowest BCUT2D eigenvalue weighted by atomic mass is 10.2. The fourth-order valence-electron chi connectivity index (χ4n) is 2.15. The van der Waals surface area contributed by atoms with E-state index in [4.69, 9.17) is 4.74 Å². The summed E-state index contributed by atoms with van der Waals surface area (Å²) in [6.07, 6.45) is 3.15. The molecule has 0 atom stereocenters. The van der Waals surface area contributed by atoms with Gasteiger partial charge in [0.25, 0.3) is 11.5 Å². The minimum absolute atomic E-state index is 0.0610. The van der Waals surface area contributed by atoms with E-state index >= 15 is 0 Å². The maximum absolute atomic E-state index is 12.2. The first kappa shape index (κ1) is 18.4. The van der Waals surface area contributed by atoms with E-state index in [2.05, 4.69) is 24.4 Å². The average Bonchev–Trinajstić information content (AvgIpc) is 2.61. The molecular formula is C19H23N3O3. The molecule has 0 unspecified atom stereocenters. The van der Waals surface area contributed by atoms with Crippen LogP contribution < -0.4 is 15.7 Å². The highest BCUT2D eigenvalue weighted by Crippen LogP contribution is 2.16. The van der Waals surface area contributed by atoms with Gasteiger partial charge >= 0.3 is 0 Å². The molecule has 1 N–H and O–H groups in total. The third kappa shape index (κ3) is 5.04. The highest BCUT2D eigenvalue weighted by atomic mass is 16.5. The minimum Gasteiger partial charge on any atom is -0.493 e. The number of benzene rings is 1. The van der Waals surface area contributed by atoms with Crippen LogP contribution in [0.4, 0.5) is 0 Å². The fourth-order valence-corrected chi connectivity index (χ4v) is 2.15. The Balaban J connectivity index is 2.09. The van der Waals surface area contributed by atoms with Crippen molar-refractivity contribution >= 4 is 12.1 Å². The molecule has 0 aliphatic rings. The summed E-state index contributed by atoms with van der Waals surface area (Å²) in [6, 6.07) is 10.6. The van der Waals surface area contributed by atoms with Crippen molar-refractivity contribution in [1.82, 2.24) is 9.99 Å². The summed E-state index contributed by atoms with van der Waals surface area (Å²) < 4.78 is 7.20. The molecule has 0 saturated heterocycles. The number of aryl methyl sites for hydroxylation is 1. The van der Waals surface area contributed by atoms with Crippen LogP contribution in [0.1, 0.15) is 36.7 Å². The van der Waals surface area contributed by atoms with Crippen molar-refractivity contribution in [2.45, 2.75) is 27.3 Å². The molecule has 2 aromatic rings. The smallest absolute Gasteiger partial charge is 0.276 e. The van der Waals surface area contributed by atoms with Crippen molar-refractivity contribution in [3.8, 4) is 5.75 Å². The van der Waals surface area contributed by atoms with Crippen molar-refractivity contribution in [2.75, 3.05) is 6.61 Å². The highest BCUT2D eigenvalue weighted by Gasteiger charge is 2.10. The van der Waals surface area contributed by atoms with Gasteiger partial charge in [0.2, 0.25) is 0 Å². The van der Waals surface area contributed by atoms with Gasteiger partial charge in [0, 0.05) is 18.3 Å². The first-order valence-corrected chi connectivity index (χ1v) is 8.27. The maximum atomic E-state index is 12.2. The molecule has 0 spiro atoms. The Hall–Kier alpha value is -2.89. The lowest BCUT2D eigenvalue weighted by molar-refractivity contribution is 0.0953. The highest BCUT2D eigenvalue weighted by molar-refractivity contribution is 5.94. The van der Waals surface area contributed by atoms with Gasteiger partial charge in [-0.05, 0) is 37.1 Å². The largest absolute Gasteiger partial charge is 0.493 e. The van der Waals surface area contributed by atoms with Crippen LogP contribution in [0.25, 0.3) is 0 Å². The fraction of sp³-hybridized carbons (Fsp3) is 0.316. The van der Waals surface area contributed by atoms with Crippen LogP contribution in [0.15, 0.2) is 52.5 Å². The number of nitrogens with zero attached hydrogens (tertiary/aromatic N) is 2. The molecule has 0 radical (unpaired) electrons. The molecule has 6 heteroatoms. The summed E-state index contributed by atoms with van der Waals surface area (Å²) in [5.41, 5.74) is 2.87. The van der Waals surface area contributed by atoms with Crippen molar-refractivity contribution in [3.05, 3.63) is 64.1 Å². The van der Waals surface area contributed by atoms with E-state index in [9.17, 15) is 9.59 Å². The summed E-state index contributed by atoms with van der Waals surface area (Å²) in [7, 11) is 0. The number of nitrogens with one attached hydrogen (secondary N) is 1. The zero-order chi connectivity index (χ0) is 18.2. The predicted molar refractivity (Wildman–Crippen MR) is 98.2 cm³/mol. The van der Waals surface area contributed by atoms with Crippen LogP contribution >= 0.6 is 0 Å². The Morgan fingerprint density at radius 1 is 1.28 bits per heavy atom. The predicted octanol–water partition coefficient (Wildman–Crippen LogP) is 2.67. The quantitative estimate of drug-likeness (QED) is 0.621. The Bertz CT molecular complexity index is 810. The van der Waals surface area contributed by atoms with E-state index in [-0.39, 0.29) is 11.1 Å². The van der Waals surface area contributed by atoms with E-state index in [1.165, 1.54) is 16.8 Å². The van der Waals surface area contributed by atoms with Gasteiger partial charge in [-0.3, -0.25) is 9.59 Å². The third-order valence-corrected chi connectivity index (χ3v) is 3.47. The molecule has 1 aromatic heterocycles. The number of rotatable bonds is 7. The molecule has 25 heavy (non-hydrogen) atoms. The van der Waals surface area contributed by atoms with Crippen LogP contribution in [0, 0.1) is 5.92 Å². The summed E-state index contributed by atoms with van der Waals surface area (Å²) >= 11 is 0. The van der Waals surface area contributed by atoms with Crippen molar-refractivity contribution in [3.63, 3.8) is 0 Å². The van der Waals surface area contributed by atoms with Gasteiger partial charge in [-0.2, -0.15) is 5.10 Å². The molecule has 0 bridgehead atoms. The first-order chi connectivity index (χ1) is 12.0. The van der Waals surface area contributed by atoms with Crippen LogP contribution in [0.3, 0.4) is 0 Å². The Morgan fingerprint density at radius 3 is 2.76 bits per heavy atom. The Morgan fingerprint density at radius 2 is 2.04 bits per heavy atom. The van der Waals surface area contributed by atoms with Gasteiger partial charge in [-0.15, -0.1) is 0 Å². The number of amides is 1. The summed E-state index contributed by atoms with van der Waals surface area (Å²) in [5, 5.41) is 3.95. The van der Waals surface area contributed by atoms with Gasteiger partial charge in [-0.25, -0.2) is 5.43 Å². The van der Waals surface area contributed by atoms with Crippen LogP contribution in [0.5, 0.6) is 5.75 Å². The van der Waals surface area contributed by atoms with Crippen LogP contribution in [-0.4, -0.2) is 23.3 Å². The molecule has 0 aliphatic carbocycles. The number of para-hydroxylation sites is 1. The number of ether oxygens (including phenoxy) is 1. The average molecular weight is 341 g/mol. The summed E-state index contributed by atoms with van der Waals surface area (Å²) in [5.74, 6) is 0.565. The second-order valence-corrected chi connectivity index (χ2v) is 5.95. The molecule has 1 amide bonds. The molecular weight excluding hydrogens is 318 g/mol. The van der Waals surface area contributed by atoms with Gasteiger partial charge in [0.15, 0.2) is 0 Å². The second kappa shape index (κ2) is 8.82. The third-order valence-electron chi connectivity index (χ3n) is 3.47. The van der Waals surface area contributed by atoms with E-state index in [0.29, 0.717) is 24.8 Å². The molecule has 132 valence electrons. The Kier molecular flexibility index (Phi) is 6.51. The second-order valence-electron chi connectivity index (χ2n) is 5.95.